The van der Waals surface area contributed by atoms with Gasteiger partial charge in [-0.15, -0.1) is 0 Å². The van der Waals surface area contributed by atoms with Gasteiger partial charge in [0, 0.05) is 3.57 Å². The van der Waals surface area contributed by atoms with Crippen LogP contribution < -0.4 is 5.11 Å². The molecule has 0 aliphatic heterocycles. The van der Waals surface area contributed by atoms with E-state index in [0.29, 0.717) is 3.57 Å². The average molecular weight is 427 g/mol. The number of hydrogen-bond acceptors (Lipinski definition) is 5. The molecule has 8 heteroatoms. The number of carboxylic acid groups (broad SMARTS) is 1. The second-order valence-electron chi connectivity index (χ2n) is 5.17. The second-order valence-corrected chi connectivity index (χ2v) is 6.42. The molecule has 1 aromatic carbocycles. The molecule has 122 valence electrons. The quantitative estimate of drug-likeness (QED) is 0.574. The fraction of sp³-hybridized carbons (Fsp3) is 0.429. The molecule has 1 unspecified atom stereocenters. The number of phenols is 1. The van der Waals surface area contributed by atoms with E-state index in [1.54, 1.807) is 0 Å². The number of benzene rings is 1. The van der Waals surface area contributed by atoms with Crippen molar-refractivity contribution in [1.29, 1.82) is 0 Å². The fourth-order valence-corrected chi connectivity index (χ4v) is 2.16. The average Bonchev–Trinajstić information content (AvgIpc) is 2.40. The van der Waals surface area contributed by atoms with Gasteiger partial charge in [0.25, 0.3) is 0 Å². The Kier molecular flexibility index (Phi) is 5.37. The Balaban J connectivity index is 3.24. The van der Waals surface area contributed by atoms with Crippen molar-refractivity contribution < 1.29 is 33.3 Å². The van der Waals surface area contributed by atoms with Crippen molar-refractivity contribution in [2.24, 2.45) is 5.92 Å². The molecule has 0 radical (unpaired) electrons. The van der Waals surface area contributed by atoms with Gasteiger partial charge in [0.1, 0.15) is 17.3 Å². The number of carboxylic acids is 1. The molecule has 0 aromatic heterocycles. The molecule has 0 amide bonds. The molecule has 0 saturated heterocycles. The normalized spacial score (nSPS) is 14.5. The van der Waals surface area contributed by atoms with Gasteiger partial charge in [-0.1, -0.05) is 13.8 Å². The lowest BCUT2D eigenvalue weighted by atomic mass is 9.85. The van der Waals surface area contributed by atoms with Crippen molar-refractivity contribution in [2.75, 3.05) is 0 Å². The van der Waals surface area contributed by atoms with E-state index in [0.717, 1.165) is 6.92 Å². The first-order chi connectivity index (χ1) is 9.93. The maximum Gasteiger partial charge on any atom is 0.342 e. The molecule has 0 aliphatic carbocycles. The number of halogens is 3. The van der Waals surface area contributed by atoms with Crippen LogP contribution >= 0.6 is 22.6 Å². The number of hydrogen-bond donors (Lipinski definition) is 1. The van der Waals surface area contributed by atoms with Gasteiger partial charge in [-0.2, -0.15) is 8.78 Å². The monoisotopic (exact) mass is 427 g/mol. The van der Waals surface area contributed by atoms with E-state index in [1.165, 1.54) is 32.0 Å². The summed E-state index contributed by atoms with van der Waals surface area (Å²) in [6.45, 7) is 3.40. The molecule has 1 rings (SSSR count). The van der Waals surface area contributed by atoms with Crippen LogP contribution in [0.1, 0.15) is 31.1 Å². The first kappa shape index (κ1) is 18.6. The lowest BCUT2D eigenvalue weighted by Crippen LogP contribution is -2.61. The number of phenolic OH excluding ortho intramolecular Hbond substituents is 1. The molecule has 0 spiro atoms. The van der Waals surface area contributed by atoms with Gasteiger partial charge in [0.2, 0.25) is 0 Å². The fourth-order valence-electron chi connectivity index (χ4n) is 1.67. The summed E-state index contributed by atoms with van der Waals surface area (Å²) < 4.78 is 33.1. The Morgan fingerprint density at radius 2 is 1.91 bits per heavy atom. The van der Waals surface area contributed by atoms with Crippen LogP contribution in [0, 0.1) is 9.49 Å². The number of alkyl halides is 2. The van der Waals surface area contributed by atoms with Crippen LogP contribution in [0.4, 0.5) is 8.78 Å². The highest BCUT2D eigenvalue weighted by Crippen LogP contribution is 2.39. The molecule has 0 bridgehead atoms. The zero-order chi connectivity index (χ0) is 17.3. The largest absolute Gasteiger partial charge is 0.544 e. The maximum absolute atomic E-state index is 13.9. The molecule has 5 nitrogen and oxygen atoms in total. The molecule has 0 aliphatic rings. The number of carbonyl (C=O) groups is 2. The predicted octanol–water partition coefficient (Wildman–Crippen LogP) is 1.95. The highest BCUT2D eigenvalue weighted by atomic mass is 127. The van der Waals surface area contributed by atoms with Crippen LogP contribution in [-0.2, 0) is 9.53 Å². The number of rotatable bonds is 5. The van der Waals surface area contributed by atoms with Gasteiger partial charge in [-0.25, -0.2) is 4.79 Å². The minimum Gasteiger partial charge on any atom is -0.544 e. The van der Waals surface area contributed by atoms with E-state index in [1.807, 2.05) is 22.6 Å². The third-order valence-corrected chi connectivity index (χ3v) is 4.14. The Hall–Kier alpha value is -1.45. The highest BCUT2D eigenvalue weighted by molar-refractivity contribution is 14.1. The summed E-state index contributed by atoms with van der Waals surface area (Å²) in [5, 5.41) is 20.3. The number of ether oxygens (including phenoxy) is 1. The number of esters is 1. The molecular formula is C14H14F2IO5-. The van der Waals surface area contributed by atoms with Crippen molar-refractivity contribution in [1.82, 2.24) is 0 Å². The number of aliphatic carboxylic acids is 1. The number of aromatic hydroxyl groups is 1. The smallest absolute Gasteiger partial charge is 0.342 e. The summed E-state index contributed by atoms with van der Waals surface area (Å²) in [4.78, 5) is 22.8. The first-order valence-corrected chi connectivity index (χ1v) is 7.32. The van der Waals surface area contributed by atoms with Crippen molar-refractivity contribution in [2.45, 2.75) is 32.3 Å². The molecule has 22 heavy (non-hydrogen) atoms. The molecule has 1 atom stereocenters. The Morgan fingerprint density at radius 3 is 2.36 bits per heavy atom. The SMILES string of the molecule is CC(C)C(C)(OC(=O)c1cc(I)ccc1O)C(F)(F)C(=O)[O-]. The minimum absolute atomic E-state index is 0.326. The summed E-state index contributed by atoms with van der Waals surface area (Å²) in [7, 11) is 0. The summed E-state index contributed by atoms with van der Waals surface area (Å²) in [5.41, 5.74) is -2.95. The Labute approximate surface area is 139 Å². The molecule has 0 saturated carbocycles. The van der Waals surface area contributed by atoms with Crippen molar-refractivity contribution in [3.63, 3.8) is 0 Å². The topological polar surface area (TPSA) is 86.7 Å². The van der Waals surface area contributed by atoms with Crippen LogP contribution in [0.2, 0.25) is 0 Å². The van der Waals surface area contributed by atoms with Crippen molar-refractivity contribution in [3.8, 4) is 5.75 Å². The lowest BCUT2D eigenvalue weighted by Gasteiger charge is -2.40. The summed E-state index contributed by atoms with van der Waals surface area (Å²) >= 11 is 1.86. The molecule has 1 N–H and O–H groups in total. The van der Waals surface area contributed by atoms with Gasteiger partial charge in [-0.3, -0.25) is 0 Å². The van der Waals surface area contributed by atoms with Crippen LogP contribution in [0.3, 0.4) is 0 Å². The molecular weight excluding hydrogens is 413 g/mol. The van der Waals surface area contributed by atoms with E-state index in [4.69, 9.17) is 4.74 Å². The Bertz CT molecular complexity index is 603. The lowest BCUT2D eigenvalue weighted by molar-refractivity contribution is -0.345. The molecule has 1 aromatic rings. The van der Waals surface area contributed by atoms with E-state index in [-0.39, 0.29) is 5.56 Å². The van der Waals surface area contributed by atoms with E-state index in [2.05, 4.69) is 0 Å². The Morgan fingerprint density at radius 1 is 1.36 bits per heavy atom. The van der Waals surface area contributed by atoms with Gasteiger partial charge in [0.15, 0.2) is 5.60 Å². The predicted molar refractivity (Wildman–Crippen MR) is 79.4 cm³/mol. The summed E-state index contributed by atoms with van der Waals surface area (Å²) in [6, 6.07) is 3.96. The van der Waals surface area contributed by atoms with Crippen LogP contribution in [-0.4, -0.2) is 28.6 Å². The zero-order valence-corrected chi connectivity index (χ0v) is 14.2. The molecule has 0 fully saturated rings. The zero-order valence-electron chi connectivity index (χ0n) is 12.0. The molecule has 0 heterocycles. The maximum atomic E-state index is 13.9. The first-order valence-electron chi connectivity index (χ1n) is 6.24. The third-order valence-electron chi connectivity index (χ3n) is 3.46. The van der Waals surface area contributed by atoms with Gasteiger partial charge in [0.05, 0.1) is 0 Å². The van der Waals surface area contributed by atoms with E-state index < -0.39 is 35.1 Å². The van der Waals surface area contributed by atoms with E-state index >= 15 is 0 Å². The standard InChI is InChI=1S/C14H15F2IO5/c1-7(2)13(3,14(15,16)12(20)21)22-11(19)9-6-8(17)4-5-10(9)18/h4-7,18H,1-3H3,(H,20,21)/p-1. The summed E-state index contributed by atoms with van der Waals surface area (Å²) in [6.07, 6.45) is 0. The van der Waals surface area contributed by atoms with Gasteiger partial charge >= 0.3 is 11.9 Å². The number of carbonyl (C=O) groups excluding carboxylic acids is 2. The van der Waals surface area contributed by atoms with Crippen molar-refractivity contribution >= 4 is 34.5 Å². The van der Waals surface area contributed by atoms with Crippen molar-refractivity contribution in [3.05, 3.63) is 27.3 Å². The van der Waals surface area contributed by atoms with Gasteiger partial charge in [-0.05, 0) is 53.6 Å². The minimum atomic E-state index is -4.39. The van der Waals surface area contributed by atoms with Gasteiger partial charge < -0.3 is 19.7 Å². The second kappa shape index (κ2) is 6.35. The van der Waals surface area contributed by atoms with Crippen LogP contribution in [0.5, 0.6) is 5.75 Å². The van der Waals surface area contributed by atoms with Crippen LogP contribution in [0.25, 0.3) is 0 Å². The van der Waals surface area contributed by atoms with Crippen LogP contribution in [0.15, 0.2) is 18.2 Å². The van der Waals surface area contributed by atoms with E-state index in [9.17, 15) is 28.6 Å². The third kappa shape index (κ3) is 3.31. The highest BCUT2D eigenvalue weighted by Gasteiger charge is 2.57. The summed E-state index contributed by atoms with van der Waals surface area (Å²) in [5.74, 6) is -9.74.